The predicted octanol–water partition coefficient (Wildman–Crippen LogP) is 5.21. The molecule has 0 radical (unpaired) electrons. The Morgan fingerprint density at radius 3 is 2.67 bits per heavy atom. The third kappa shape index (κ3) is 3.96. The van der Waals surface area contributed by atoms with E-state index in [0.717, 1.165) is 29.6 Å². The van der Waals surface area contributed by atoms with Crippen LogP contribution in [0.1, 0.15) is 27.2 Å². The normalized spacial score (nSPS) is 13.0. The molecule has 0 amide bonds. The summed E-state index contributed by atoms with van der Waals surface area (Å²) < 4.78 is 9.52. The molecule has 0 aliphatic carbocycles. The third-order valence-corrected chi connectivity index (χ3v) is 9.43. The van der Waals surface area contributed by atoms with E-state index in [1.807, 2.05) is 18.5 Å². The van der Waals surface area contributed by atoms with Crippen molar-refractivity contribution in [3.8, 4) is 0 Å². The molecule has 0 fully saturated rings. The summed E-state index contributed by atoms with van der Waals surface area (Å²) in [6.45, 7) is 13.2. The first kappa shape index (κ1) is 16.7. The van der Waals surface area contributed by atoms with E-state index < -0.39 is 8.32 Å². The minimum absolute atomic E-state index is 0.277. The summed E-state index contributed by atoms with van der Waals surface area (Å²) in [7, 11) is -1.62. The summed E-state index contributed by atoms with van der Waals surface area (Å²) in [5.41, 5.74) is 2.22. The molecule has 2 rings (SSSR count). The number of nitrogens with zero attached hydrogens (tertiary/aromatic N) is 2. The van der Waals surface area contributed by atoms with Crippen LogP contribution >= 0.6 is 15.9 Å². The van der Waals surface area contributed by atoms with Gasteiger partial charge in [0.2, 0.25) is 0 Å². The summed E-state index contributed by atoms with van der Waals surface area (Å²) in [5, 5.41) is 0.277. The van der Waals surface area contributed by atoms with Crippen molar-refractivity contribution in [2.45, 2.75) is 51.9 Å². The maximum absolute atomic E-state index is 6.22. The SMILES string of the molecule is CC(C)(C)[Si](C)(C)OCCCn1cnc2ccc(Br)cc21. The largest absolute Gasteiger partial charge is 0.417 e. The van der Waals surface area contributed by atoms with E-state index in [1.165, 1.54) is 5.52 Å². The van der Waals surface area contributed by atoms with Crippen LogP contribution in [0.3, 0.4) is 0 Å². The monoisotopic (exact) mass is 368 g/mol. The molecule has 1 heterocycles. The van der Waals surface area contributed by atoms with Crippen LogP contribution in [0, 0.1) is 0 Å². The first-order chi connectivity index (χ1) is 9.71. The molecule has 0 unspecified atom stereocenters. The second-order valence-corrected chi connectivity index (χ2v) is 12.8. The van der Waals surface area contributed by atoms with E-state index >= 15 is 0 Å². The van der Waals surface area contributed by atoms with Crippen molar-refractivity contribution in [1.82, 2.24) is 9.55 Å². The first-order valence-corrected chi connectivity index (χ1v) is 11.2. The molecule has 1 aromatic carbocycles. The summed E-state index contributed by atoms with van der Waals surface area (Å²) in [4.78, 5) is 4.44. The van der Waals surface area contributed by atoms with Crippen LogP contribution in [0.25, 0.3) is 11.0 Å². The van der Waals surface area contributed by atoms with E-state index in [0.29, 0.717) is 0 Å². The number of hydrogen-bond acceptors (Lipinski definition) is 2. The summed E-state index contributed by atoms with van der Waals surface area (Å²) >= 11 is 3.52. The van der Waals surface area contributed by atoms with Crippen molar-refractivity contribution >= 4 is 35.3 Å². The number of benzene rings is 1. The van der Waals surface area contributed by atoms with Gasteiger partial charge >= 0.3 is 0 Å². The van der Waals surface area contributed by atoms with Gasteiger partial charge in [0.1, 0.15) is 0 Å². The van der Waals surface area contributed by atoms with Gasteiger partial charge in [0.25, 0.3) is 0 Å². The Morgan fingerprint density at radius 1 is 1.29 bits per heavy atom. The fourth-order valence-corrected chi connectivity index (χ4v) is 3.42. The van der Waals surface area contributed by atoms with Gasteiger partial charge in [-0.15, -0.1) is 0 Å². The highest BCUT2D eigenvalue weighted by atomic mass is 79.9. The smallest absolute Gasteiger partial charge is 0.191 e. The lowest BCUT2D eigenvalue weighted by Crippen LogP contribution is -2.41. The molecule has 116 valence electrons. The summed E-state index contributed by atoms with van der Waals surface area (Å²) in [5.74, 6) is 0. The van der Waals surface area contributed by atoms with Crippen LogP contribution in [-0.2, 0) is 11.0 Å². The molecule has 21 heavy (non-hydrogen) atoms. The molecule has 1 aromatic heterocycles. The van der Waals surface area contributed by atoms with Crippen LogP contribution in [0.5, 0.6) is 0 Å². The Hall–Kier alpha value is -0.653. The molecule has 5 heteroatoms. The average Bonchev–Trinajstić information content (AvgIpc) is 2.76. The Morgan fingerprint density at radius 2 is 2.00 bits per heavy atom. The van der Waals surface area contributed by atoms with Gasteiger partial charge in [0.05, 0.1) is 17.4 Å². The molecule has 0 aliphatic heterocycles. The summed E-state index contributed by atoms with van der Waals surface area (Å²) in [6.07, 6.45) is 2.94. The van der Waals surface area contributed by atoms with E-state index in [4.69, 9.17) is 4.43 Å². The molecule has 0 atom stereocenters. The maximum Gasteiger partial charge on any atom is 0.191 e. The van der Waals surface area contributed by atoms with Gasteiger partial charge in [0, 0.05) is 17.6 Å². The van der Waals surface area contributed by atoms with Gasteiger partial charge in [-0.25, -0.2) is 4.98 Å². The van der Waals surface area contributed by atoms with Crippen LogP contribution in [-0.4, -0.2) is 24.5 Å². The van der Waals surface area contributed by atoms with Crippen LogP contribution in [0.4, 0.5) is 0 Å². The van der Waals surface area contributed by atoms with Crippen molar-refractivity contribution < 1.29 is 4.43 Å². The van der Waals surface area contributed by atoms with Crippen LogP contribution in [0.2, 0.25) is 18.1 Å². The fraction of sp³-hybridized carbons (Fsp3) is 0.562. The van der Waals surface area contributed by atoms with Gasteiger partial charge in [-0.2, -0.15) is 0 Å². The van der Waals surface area contributed by atoms with Crippen molar-refractivity contribution in [2.24, 2.45) is 0 Å². The Labute approximate surface area is 137 Å². The van der Waals surface area contributed by atoms with Crippen molar-refractivity contribution in [1.29, 1.82) is 0 Å². The molecule has 2 aromatic rings. The summed E-state index contributed by atoms with van der Waals surface area (Å²) in [6, 6.07) is 6.19. The van der Waals surface area contributed by atoms with E-state index in [-0.39, 0.29) is 5.04 Å². The predicted molar refractivity (Wildman–Crippen MR) is 95.2 cm³/mol. The van der Waals surface area contributed by atoms with Crippen molar-refractivity contribution in [2.75, 3.05) is 6.61 Å². The van der Waals surface area contributed by atoms with Gasteiger partial charge in [-0.1, -0.05) is 36.7 Å². The van der Waals surface area contributed by atoms with Crippen LogP contribution < -0.4 is 0 Å². The van der Waals surface area contributed by atoms with E-state index in [2.05, 4.69) is 65.4 Å². The van der Waals surface area contributed by atoms with Crippen LogP contribution in [0.15, 0.2) is 29.0 Å². The number of halogens is 1. The van der Waals surface area contributed by atoms with E-state index in [1.54, 1.807) is 0 Å². The highest BCUT2D eigenvalue weighted by Gasteiger charge is 2.36. The lowest BCUT2D eigenvalue weighted by molar-refractivity contribution is 0.275. The zero-order chi connectivity index (χ0) is 15.7. The second-order valence-electron chi connectivity index (χ2n) is 7.03. The molecule has 0 spiro atoms. The highest BCUT2D eigenvalue weighted by molar-refractivity contribution is 9.10. The number of hydrogen-bond donors (Lipinski definition) is 0. The van der Waals surface area contributed by atoms with E-state index in [9.17, 15) is 0 Å². The topological polar surface area (TPSA) is 27.1 Å². The van der Waals surface area contributed by atoms with Gasteiger partial charge in [0.15, 0.2) is 8.32 Å². The minimum Gasteiger partial charge on any atom is -0.417 e. The molecule has 0 aliphatic rings. The highest BCUT2D eigenvalue weighted by Crippen LogP contribution is 2.36. The zero-order valence-corrected chi connectivity index (χ0v) is 16.2. The number of fused-ring (bicyclic) bond motifs is 1. The van der Waals surface area contributed by atoms with Gasteiger partial charge in [-0.05, 0) is 42.8 Å². The van der Waals surface area contributed by atoms with Crippen molar-refractivity contribution in [3.05, 3.63) is 29.0 Å². The fourth-order valence-electron chi connectivity index (χ4n) is 1.99. The minimum atomic E-state index is -1.62. The maximum atomic E-state index is 6.22. The molecular weight excluding hydrogens is 344 g/mol. The standard InChI is InChI=1S/C16H25BrN2OSi/c1-16(2,3)21(4,5)20-10-6-9-19-12-18-14-8-7-13(17)11-15(14)19/h7-8,11-12H,6,9-10H2,1-5H3. The molecule has 3 nitrogen and oxygen atoms in total. The zero-order valence-electron chi connectivity index (χ0n) is 13.6. The molecule has 0 saturated carbocycles. The first-order valence-electron chi connectivity index (χ1n) is 7.45. The average molecular weight is 369 g/mol. The second kappa shape index (κ2) is 6.22. The molecule has 0 saturated heterocycles. The lowest BCUT2D eigenvalue weighted by Gasteiger charge is -2.36. The van der Waals surface area contributed by atoms with Crippen molar-refractivity contribution in [3.63, 3.8) is 0 Å². The third-order valence-electron chi connectivity index (χ3n) is 4.40. The number of rotatable bonds is 5. The Balaban J connectivity index is 1.93. The number of aromatic nitrogens is 2. The Bertz CT molecular complexity index is 616. The number of imidazole rings is 1. The molecular formula is C16H25BrN2OSi. The molecule has 0 N–H and O–H groups in total. The molecule has 0 bridgehead atoms. The Kier molecular flexibility index (Phi) is 4.95. The number of aryl methyl sites for hydroxylation is 1. The van der Waals surface area contributed by atoms with Gasteiger partial charge < -0.3 is 8.99 Å². The van der Waals surface area contributed by atoms with Gasteiger partial charge in [-0.3, -0.25) is 0 Å². The quantitative estimate of drug-likeness (QED) is 0.534. The lowest BCUT2D eigenvalue weighted by atomic mass is 10.2.